The van der Waals surface area contributed by atoms with E-state index in [1.165, 1.54) is 6.42 Å². The van der Waals surface area contributed by atoms with E-state index in [1.807, 2.05) is 18.7 Å². The fraction of sp³-hybridized carbons (Fsp3) is 0.500. The summed E-state index contributed by atoms with van der Waals surface area (Å²) in [6, 6.07) is 9.50. The van der Waals surface area contributed by atoms with Crippen molar-refractivity contribution < 1.29 is 4.79 Å². The third kappa shape index (κ3) is 3.37. The van der Waals surface area contributed by atoms with Crippen LogP contribution in [0.25, 0.3) is 0 Å². The van der Waals surface area contributed by atoms with Gasteiger partial charge in [0.05, 0.1) is 11.6 Å². The molecule has 1 N–H and O–H groups in total. The van der Waals surface area contributed by atoms with Crippen molar-refractivity contribution >= 4 is 5.91 Å². The van der Waals surface area contributed by atoms with Crippen LogP contribution in [0.3, 0.4) is 0 Å². The van der Waals surface area contributed by atoms with Gasteiger partial charge in [-0.2, -0.15) is 5.26 Å². The van der Waals surface area contributed by atoms with E-state index >= 15 is 0 Å². The van der Waals surface area contributed by atoms with Crippen molar-refractivity contribution in [1.29, 1.82) is 5.26 Å². The van der Waals surface area contributed by atoms with Gasteiger partial charge in [0.25, 0.3) is 5.91 Å². The largest absolute Gasteiger partial charge is 0.335 e. The Morgan fingerprint density at radius 1 is 1.45 bits per heavy atom. The number of carbonyl (C=O) groups excluding carboxylic acids is 1. The van der Waals surface area contributed by atoms with Crippen molar-refractivity contribution in [1.82, 2.24) is 10.2 Å². The van der Waals surface area contributed by atoms with Crippen molar-refractivity contribution in [3.05, 3.63) is 35.4 Å². The van der Waals surface area contributed by atoms with Crippen LogP contribution in [0.2, 0.25) is 0 Å². The zero-order chi connectivity index (χ0) is 14.5. The summed E-state index contributed by atoms with van der Waals surface area (Å²) in [5, 5.41) is 12.2. The maximum absolute atomic E-state index is 12.6. The lowest BCUT2D eigenvalue weighted by molar-refractivity contribution is 0.0689. The zero-order valence-corrected chi connectivity index (χ0v) is 12.1. The summed E-state index contributed by atoms with van der Waals surface area (Å²) in [6.45, 7) is 5.87. The number of benzene rings is 1. The standard InChI is InChI=1S/C16H21N3O/c1-12(2)19(11-15-4-3-9-18-15)16(20)14-7-5-13(10-17)6-8-14/h5-8,12,15,18H,3-4,9,11H2,1-2H3. The van der Waals surface area contributed by atoms with Crippen molar-refractivity contribution in [2.45, 2.75) is 38.8 Å². The molecule has 0 aromatic heterocycles. The summed E-state index contributed by atoms with van der Waals surface area (Å²) in [5.74, 6) is 0.0400. The van der Waals surface area contributed by atoms with Gasteiger partial charge in [-0.1, -0.05) is 0 Å². The number of amides is 1. The molecule has 1 aromatic carbocycles. The Kier molecular flexibility index (Phi) is 4.75. The van der Waals surface area contributed by atoms with Crippen LogP contribution in [0.15, 0.2) is 24.3 Å². The molecule has 1 fully saturated rings. The number of hydrogen-bond donors (Lipinski definition) is 1. The minimum atomic E-state index is 0.0400. The van der Waals surface area contributed by atoms with Crippen LogP contribution in [0.5, 0.6) is 0 Å². The number of rotatable bonds is 4. The molecule has 0 bridgehead atoms. The number of nitrogens with zero attached hydrogens (tertiary/aromatic N) is 2. The van der Waals surface area contributed by atoms with E-state index < -0.39 is 0 Å². The highest BCUT2D eigenvalue weighted by molar-refractivity contribution is 5.94. The van der Waals surface area contributed by atoms with Gasteiger partial charge in [-0.3, -0.25) is 4.79 Å². The van der Waals surface area contributed by atoms with Gasteiger partial charge in [-0.25, -0.2) is 0 Å². The van der Waals surface area contributed by atoms with Crippen LogP contribution in [-0.4, -0.2) is 36.0 Å². The summed E-state index contributed by atoms with van der Waals surface area (Å²) in [5.41, 5.74) is 1.23. The lowest BCUT2D eigenvalue weighted by atomic mass is 10.1. The molecule has 1 saturated heterocycles. The summed E-state index contributed by atoms with van der Waals surface area (Å²) in [6.07, 6.45) is 2.31. The van der Waals surface area contributed by atoms with Gasteiger partial charge in [0.2, 0.25) is 0 Å². The molecule has 1 atom stereocenters. The summed E-state index contributed by atoms with van der Waals surface area (Å²) in [4.78, 5) is 14.5. The number of hydrogen-bond acceptors (Lipinski definition) is 3. The van der Waals surface area contributed by atoms with Crippen molar-refractivity contribution in [2.24, 2.45) is 0 Å². The molecule has 1 aliphatic heterocycles. The number of carbonyl (C=O) groups is 1. The highest BCUT2D eigenvalue weighted by atomic mass is 16.2. The minimum absolute atomic E-state index is 0.0400. The van der Waals surface area contributed by atoms with Gasteiger partial charge < -0.3 is 10.2 Å². The average Bonchev–Trinajstić information content (AvgIpc) is 2.97. The molecule has 0 spiro atoms. The van der Waals surface area contributed by atoms with Gasteiger partial charge in [0, 0.05) is 24.2 Å². The topological polar surface area (TPSA) is 56.1 Å². The molecule has 106 valence electrons. The van der Waals surface area contributed by atoms with Crippen LogP contribution in [0, 0.1) is 11.3 Å². The average molecular weight is 271 g/mol. The van der Waals surface area contributed by atoms with E-state index in [-0.39, 0.29) is 11.9 Å². The Morgan fingerprint density at radius 2 is 2.15 bits per heavy atom. The maximum atomic E-state index is 12.6. The minimum Gasteiger partial charge on any atom is -0.335 e. The molecule has 1 unspecified atom stereocenters. The molecule has 1 aliphatic rings. The normalized spacial score (nSPS) is 18.0. The van der Waals surface area contributed by atoms with E-state index in [2.05, 4.69) is 11.4 Å². The molecule has 1 heterocycles. The highest BCUT2D eigenvalue weighted by Gasteiger charge is 2.24. The lowest BCUT2D eigenvalue weighted by Gasteiger charge is -2.29. The predicted octanol–water partition coefficient (Wildman–Crippen LogP) is 2.16. The Labute approximate surface area is 120 Å². The van der Waals surface area contributed by atoms with Crippen molar-refractivity contribution in [2.75, 3.05) is 13.1 Å². The summed E-state index contributed by atoms with van der Waals surface area (Å²) in [7, 11) is 0. The molecular formula is C16H21N3O. The van der Waals surface area contributed by atoms with E-state index in [9.17, 15) is 4.79 Å². The van der Waals surface area contributed by atoms with Crippen LogP contribution < -0.4 is 5.32 Å². The SMILES string of the molecule is CC(C)N(CC1CCCN1)C(=O)c1ccc(C#N)cc1. The lowest BCUT2D eigenvalue weighted by Crippen LogP contribution is -2.44. The number of nitrogens with one attached hydrogen (secondary N) is 1. The first kappa shape index (κ1) is 14.5. The Balaban J connectivity index is 2.11. The van der Waals surface area contributed by atoms with Crippen LogP contribution in [0.4, 0.5) is 0 Å². The monoisotopic (exact) mass is 271 g/mol. The summed E-state index contributed by atoms with van der Waals surface area (Å²) >= 11 is 0. The predicted molar refractivity (Wildman–Crippen MR) is 78.4 cm³/mol. The van der Waals surface area contributed by atoms with Gasteiger partial charge in [0.15, 0.2) is 0 Å². The molecule has 0 radical (unpaired) electrons. The smallest absolute Gasteiger partial charge is 0.254 e. The molecule has 2 rings (SSSR count). The third-order valence-electron chi connectivity index (χ3n) is 3.72. The molecule has 4 heteroatoms. The number of nitriles is 1. The second kappa shape index (κ2) is 6.53. The third-order valence-corrected chi connectivity index (χ3v) is 3.72. The first-order chi connectivity index (χ1) is 9.61. The second-order valence-corrected chi connectivity index (χ2v) is 5.53. The molecule has 20 heavy (non-hydrogen) atoms. The van der Waals surface area contributed by atoms with E-state index in [1.54, 1.807) is 24.3 Å². The summed E-state index contributed by atoms with van der Waals surface area (Å²) < 4.78 is 0. The quantitative estimate of drug-likeness (QED) is 0.913. The molecule has 4 nitrogen and oxygen atoms in total. The van der Waals surface area contributed by atoms with Crippen molar-refractivity contribution in [3.63, 3.8) is 0 Å². The molecule has 1 amide bonds. The van der Waals surface area contributed by atoms with E-state index in [0.717, 1.165) is 19.5 Å². The fourth-order valence-electron chi connectivity index (χ4n) is 2.53. The van der Waals surface area contributed by atoms with Gasteiger partial charge in [-0.15, -0.1) is 0 Å². The first-order valence-electron chi connectivity index (χ1n) is 7.16. The molecular weight excluding hydrogens is 250 g/mol. The van der Waals surface area contributed by atoms with Gasteiger partial charge in [0.1, 0.15) is 0 Å². The molecule has 1 aromatic rings. The molecule has 0 aliphatic carbocycles. The van der Waals surface area contributed by atoms with Gasteiger partial charge >= 0.3 is 0 Å². The maximum Gasteiger partial charge on any atom is 0.254 e. The zero-order valence-electron chi connectivity index (χ0n) is 12.1. The second-order valence-electron chi connectivity index (χ2n) is 5.53. The van der Waals surface area contributed by atoms with Crippen LogP contribution in [-0.2, 0) is 0 Å². The van der Waals surface area contributed by atoms with Crippen LogP contribution in [0.1, 0.15) is 42.6 Å². The van der Waals surface area contributed by atoms with Crippen LogP contribution >= 0.6 is 0 Å². The highest BCUT2D eigenvalue weighted by Crippen LogP contribution is 2.14. The van der Waals surface area contributed by atoms with E-state index in [4.69, 9.17) is 5.26 Å². The Morgan fingerprint density at radius 3 is 2.65 bits per heavy atom. The molecule has 0 saturated carbocycles. The van der Waals surface area contributed by atoms with Crippen molar-refractivity contribution in [3.8, 4) is 6.07 Å². The Bertz CT molecular complexity index is 495. The van der Waals surface area contributed by atoms with Gasteiger partial charge in [-0.05, 0) is 57.5 Å². The first-order valence-corrected chi connectivity index (χ1v) is 7.16. The van der Waals surface area contributed by atoms with E-state index in [0.29, 0.717) is 17.2 Å². The Hall–Kier alpha value is -1.86. The fourth-order valence-corrected chi connectivity index (χ4v) is 2.53.